The lowest BCUT2D eigenvalue weighted by atomic mass is 10.1. The SMILES string of the molecule is CC(C)(C)S(=O)(=O)Nc1cccc(-n2ccc3cnc(Nc4ccc(CNC5CCNCC5)c(F)c4)nc32)c1. The molecule has 2 aromatic carbocycles. The Morgan fingerprint density at radius 1 is 1.08 bits per heavy atom. The lowest BCUT2D eigenvalue weighted by Crippen LogP contribution is -2.39. The van der Waals surface area contributed by atoms with Crippen molar-refractivity contribution in [1.82, 2.24) is 25.2 Å². The van der Waals surface area contributed by atoms with Crippen LogP contribution in [0.3, 0.4) is 0 Å². The van der Waals surface area contributed by atoms with Gasteiger partial charge in [-0.15, -0.1) is 0 Å². The maximum atomic E-state index is 14.8. The van der Waals surface area contributed by atoms with Crippen LogP contribution in [0, 0.1) is 5.82 Å². The van der Waals surface area contributed by atoms with E-state index < -0.39 is 14.8 Å². The second-order valence-corrected chi connectivity index (χ2v) is 13.2. The Morgan fingerprint density at radius 3 is 2.62 bits per heavy atom. The van der Waals surface area contributed by atoms with E-state index >= 15 is 0 Å². The van der Waals surface area contributed by atoms with Gasteiger partial charge in [-0.05, 0) is 83.1 Å². The molecule has 0 atom stereocenters. The number of anilines is 3. The van der Waals surface area contributed by atoms with Crippen LogP contribution in [0.4, 0.5) is 21.7 Å². The summed E-state index contributed by atoms with van der Waals surface area (Å²) < 4.78 is 43.7. The highest BCUT2D eigenvalue weighted by molar-refractivity contribution is 7.94. The normalized spacial score (nSPS) is 15.0. The molecule has 1 aliphatic heterocycles. The molecule has 11 heteroatoms. The summed E-state index contributed by atoms with van der Waals surface area (Å²) >= 11 is 0. The summed E-state index contributed by atoms with van der Waals surface area (Å²) in [7, 11) is -3.57. The van der Waals surface area contributed by atoms with Crippen LogP contribution in [-0.2, 0) is 16.6 Å². The molecule has 4 aromatic rings. The van der Waals surface area contributed by atoms with Crippen molar-refractivity contribution in [3.8, 4) is 5.69 Å². The molecule has 1 fully saturated rings. The second-order valence-electron chi connectivity index (χ2n) is 10.8. The number of fused-ring (bicyclic) bond motifs is 1. The lowest BCUT2D eigenvalue weighted by molar-refractivity contribution is 0.384. The van der Waals surface area contributed by atoms with Crippen LogP contribution in [0.15, 0.2) is 60.9 Å². The molecule has 5 rings (SSSR count). The van der Waals surface area contributed by atoms with Gasteiger partial charge in [-0.2, -0.15) is 4.98 Å². The molecule has 0 radical (unpaired) electrons. The molecular weight excluding hydrogens is 517 g/mol. The molecule has 0 bridgehead atoms. The Kier molecular flexibility index (Phi) is 7.57. The highest BCUT2D eigenvalue weighted by atomic mass is 32.2. The van der Waals surface area contributed by atoms with Gasteiger partial charge in [0.2, 0.25) is 16.0 Å². The van der Waals surface area contributed by atoms with E-state index in [1.165, 1.54) is 6.07 Å². The molecular formula is C28H34FN7O2S. The smallest absolute Gasteiger partial charge is 0.237 e. The van der Waals surface area contributed by atoms with Crippen molar-refractivity contribution in [2.24, 2.45) is 0 Å². The molecule has 0 unspecified atom stereocenters. The molecule has 4 N–H and O–H groups in total. The number of hydrogen-bond acceptors (Lipinski definition) is 7. The van der Waals surface area contributed by atoms with Crippen LogP contribution in [0.25, 0.3) is 16.7 Å². The summed E-state index contributed by atoms with van der Waals surface area (Å²) in [6.45, 7) is 7.40. The number of nitrogens with zero attached hydrogens (tertiary/aromatic N) is 3. The number of rotatable bonds is 8. The largest absolute Gasteiger partial charge is 0.324 e. The molecule has 1 aliphatic rings. The molecule has 0 saturated carbocycles. The number of nitrogens with one attached hydrogen (secondary N) is 4. The average Bonchev–Trinajstić information content (AvgIpc) is 3.31. The first-order valence-corrected chi connectivity index (χ1v) is 14.5. The van der Waals surface area contributed by atoms with Crippen LogP contribution >= 0.6 is 0 Å². The standard InChI is InChI=1S/C28H34FN7O2S/c1-28(2,3)39(37,38)35-23-5-4-6-24(15-23)36-14-11-20-18-32-27(34-26(20)36)33-22-8-7-19(25(29)16-22)17-31-21-9-12-30-13-10-21/h4-8,11,14-16,18,21,30-31,35H,9-10,12-13,17H2,1-3H3,(H,32,33,34). The number of aromatic nitrogens is 3. The van der Waals surface area contributed by atoms with Crippen LogP contribution < -0.4 is 20.7 Å². The third-order valence-corrected chi connectivity index (χ3v) is 8.96. The Morgan fingerprint density at radius 2 is 1.87 bits per heavy atom. The number of benzene rings is 2. The van der Waals surface area contributed by atoms with Gasteiger partial charge in [0, 0.05) is 47.3 Å². The summed E-state index contributed by atoms with van der Waals surface area (Å²) in [5.41, 5.74) is 2.99. The monoisotopic (exact) mass is 551 g/mol. The topological polar surface area (TPSA) is 113 Å². The molecule has 0 spiro atoms. The van der Waals surface area contributed by atoms with Crippen molar-refractivity contribution in [3.63, 3.8) is 0 Å². The van der Waals surface area contributed by atoms with Crippen molar-refractivity contribution < 1.29 is 12.8 Å². The molecule has 0 amide bonds. The number of sulfonamides is 1. The van der Waals surface area contributed by atoms with E-state index in [1.807, 2.05) is 29.0 Å². The van der Waals surface area contributed by atoms with Crippen molar-refractivity contribution in [2.45, 2.75) is 50.9 Å². The van der Waals surface area contributed by atoms with E-state index in [0.717, 1.165) is 37.0 Å². The fraction of sp³-hybridized carbons (Fsp3) is 0.357. The van der Waals surface area contributed by atoms with Crippen LogP contribution in [0.5, 0.6) is 0 Å². The Hall–Kier alpha value is -3.54. The first-order chi connectivity index (χ1) is 18.6. The second kappa shape index (κ2) is 10.9. The molecule has 9 nitrogen and oxygen atoms in total. The number of piperidine rings is 1. The zero-order valence-corrected chi connectivity index (χ0v) is 23.1. The van der Waals surface area contributed by atoms with Gasteiger partial charge in [-0.25, -0.2) is 17.8 Å². The van der Waals surface area contributed by atoms with Crippen molar-refractivity contribution in [1.29, 1.82) is 0 Å². The molecule has 206 valence electrons. The van der Waals surface area contributed by atoms with Crippen LogP contribution in [0.1, 0.15) is 39.2 Å². The summed E-state index contributed by atoms with van der Waals surface area (Å²) in [5.74, 6) is 0.0347. The van der Waals surface area contributed by atoms with E-state index in [1.54, 1.807) is 51.2 Å². The predicted molar refractivity (Wildman–Crippen MR) is 154 cm³/mol. The van der Waals surface area contributed by atoms with Crippen molar-refractivity contribution >= 4 is 38.4 Å². The van der Waals surface area contributed by atoms with E-state index in [2.05, 4.69) is 30.6 Å². The number of halogens is 1. The van der Waals surface area contributed by atoms with Gasteiger partial charge in [-0.1, -0.05) is 12.1 Å². The highest BCUT2D eigenvalue weighted by Gasteiger charge is 2.29. The predicted octanol–water partition coefficient (Wildman–Crippen LogP) is 4.69. The lowest BCUT2D eigenvalue weighted by Gasteiger charge is -2.24. The average molecular weight is 552 g/mol. The van der Waals surface area contributed by atoms with E-state index in [0.29, 0.717) is 41.1 Å². The zero-order chi connectivity index (χ0) is 27.6. The molecule has 1 saturated heterocycles. The van der Waals surface area contributed by atoms with Gasteiger partial charge in [0.25, 0.3) is 0 Å². The number of hydrogen-bond donors (Lipinski definition) is 4. The zero-order valence-electron chi connectivity index (χ0n) is 22.3. The fourth-order valence-electron chi connectivity index (χ4n) is 4.39. The maximum Gasteiger partial charge on any atom is 0.237 e. The van der Waals surface area contributed by atoms with Gasteiger partial charge in [-0.3, -0.25) is 4.72 Å². The van der Waals surface area contributed by atoms with Gasteiger partial charge in [0.1, 0.15) is 11.5 Å². The summed E-state index contributed by atoms with van der Waals surface area (Å²) in [6.07, 6.45) is 5.63. The van der Waals surface area contributed by atoms with Gasteiger partial charge in [0.15, 0.2) is 0 Å². The quantitative estimate of drug-likeness (QED) is 0.251. The van der Waals surface area contributed by atoms with Gasteiger partial charge in [0.05, 0.1) is 10.4 Å². The molecule has 3 heterocycles. The Labute approximate surface area is 228 Å². The first-order valence-electron chi connectivity index (χ1n) is 13.1. The van der Waals surface area contributed by atoms with Gasteiger partial charge >= 0.3 is 0 Å². The minimum absolute atomic E-state index is 0.291. The Bertz CT molecular complexity index is 1570. The van der Waals surface area contributed by atoms with Crippen molar-refractivity contribution in [2.75, 3.05) is 23.1 Å². The van der Waals surface area contributed by atoms with E-state index in [9.17, 15) is 12.8 Å². The first kappa shape index (κ1) is 27.0. The fourth-order valence-corrected chi connectivity index (χ4v) is 5.14. The van der Waals surface area contributed by atoms with E-state index in [4.69, 9.17) is 0 Å². The van der Waals surface area contributed by atoms with Crippen LogP contribution in [0.2, 0.25) is 0 Å². The minimum atomic E-state index is -3.57. The summed E-state index contributed by atoms with van der Waals surface area (Å²) in [4.78, 5) is 9.05. The third-order valence-electron chi connectivity index (χ3n) is 6.84. The van der Waals surface area contributed by atoms with Crippen molar-refractivity contribution in [3.05, 3.63) is 72.3 Å². The summed E-state index contributed by atoms with van der Waals surface area (Å²) in [6, 6.07) is 14.5. The van der Waals surface area contributed by atoms with Crippen LogP contribution in [-0.4, -0.2) is 46.8 Å². The van der Waals surface area contributed by atoms with E-state index in [-0.39, 0.29) is 5.82 Å². The maximum absolute atomic E-state index is 14.8. The highest BCUT2D eigenvalue weighted by Crippen LogP contribution is 2.25. The molecule has 0 aliphatic carbocycles. The molecule has 2 aromatic heterocycles. The Balaban J connectivity index is 1.33. The van der Waals surface area contributed by atoms with Gasteiger partial charge < -0.3 is 20.5 Å². The molecule has 39 heavy (non-hydrogen) atoms. The summed E-state index contributed by atoms with van der Waals surface area (Å²) in [5, 5.41) is 10.7. The third kappa shape index (κ3) is 6.21. The minimum Gasteiger partial charge on any atom is -0.324 e.